The number of phenols is 1. The van der Waals surface area contributed by atoms with Crippen molar-refractivity contribution in [2.24, 2.45) is 0 Å². The summed E-state index contributed by atoms with van der Waals surface area (Å²) >= 11 is 0. The Labute approximate surface area is 68.9 Å². The van der Waals surface area contributed by atoms with Crippen LogP contribution in [0.1, 0.15) is 5.76 Å². The number of hydrogen-bond donors (Lipinski definition) is 2. The molecule has 0 saturated carbocycles. The van der Waals surface area contributed by atoms with E-state index in [4.69, 9.17) is 14.6 Å². The van der Waals surface area contributed by atoms with Crippen LogP contribution in [0.3, 0.4) is 0 Å². The van der Waals surface area contributed by atoms with Gasteiger partial charge in [-0.3, -0.25) is 0 Å². The molecule has 12 heavy (non-hydrogen) atoms. The van der Waals surface area contributed by atoms with Gasteiger partial charge in [0.15, 0.2) is 0 Å². The number of aromatic hydroxyl groups is 1. The summed E-state index contributed by atoms with van der Waals surface area (Å²) in [5.41, 5.74) is 0.596. The van der Waals surface area contributed by atoms with Crippen LogP contribution in [-0.4, -0.2) is 10.2 Å². The molecule has 2 rings (SSSR count). The molecule has 0 radical (unpaired) electrons. The number of aliphatic hydroxyl groups is 1. The predicted octanol–water partition coefficient (Wildman–Crippen LogP) is 1.63. The molecule has 3 nitrogen and oxygen atoms in total. The van der Waals surface area contributed by atoms with E-state index in [1.165, 1.54) is 6.07 Å². The zero-order valence-electron chi connectivity index (χ0n) is 6.32. The molecule has 0 amide bonds. The number of phenolic OH excluding ortho intramolecular Hbond substituents is 1. The number of benzene rings is 1. The van der Waals surface area contributed by atoms with Crippen LogP contribution in [0.25, 0.3) is 11.0 Å². The number of fused-ring (bicyclic) bond motifs is 1. The largest absolute Gasteiger partial charge is 0.508 e. The molecular formula is C9H8O3. The van der Waals surface area contributed by atoms with Gasteiger partial charge in [-0.25, -0.2) is 0 Å². The third-order valence-corrected chi connectivity index (χ3v) is 1.71. The van der Waals surface area contributed by atoms with E-state index in [1.54, 1.807) is 18.2 Å². The predicted molar refractivity (Wildman–Crippen MR) is 43.8 cm³/mol. The maximum absolute atomic E-state index is 9.09. The van der Waals surface area contributed by atoms with Gasteiger partial charge in [-0.2, -0.15) is 0 Å². The minimum absolute atomic E-state index is 0.116. The van der Waals surface area contributed by atoms with Crippen molar-refractivity contribution >= 4 is 11.0 Å². The summed E-state index contributed by atoms with van der Waals surface area (Å²) in [5.74, 6) is 0.678. The van der Waals surface area contributed by atoms with Crippen LogP contribution in [0, 0.1) is 0 Å². The molecule has 3 heteroatoms. The molecule has 1 heterocycles. The van der Waals surface area contributed by atoms with Crippen LogP contribution < -0.4 is 0 Å². The second-order valence-corrected chi connectivity index (χ2v) is 2.59. The molecule has 0 spiro atoms. The molecule has 0 atom stereocenters. The summed E-state index contributed by atoms with van der Waals surface area (Å²) in [6, 6.07) is 6.59. The maximum Gasteiger partial charge on any atom is 0.138 e. The smallest absolute Gasteiger partial charge is 0.138 e. The summed E-state index contributed by atoms with van der Waals surface area (Å²) < 4.78 is 5.19. The molecule has 0 bridgehead atoms. The van der Waals surface area contributed by atoms with Gasteiger partial charge in [0.05, 0.1) is 0 Å². The Bertz CT molecular complexity index is 403. The minimum atomic E-state index is -0.116. The first kappa shape index (κ1) is 7.18. The first-order valence-corrected chi connectivity index (χ1v) is 3.62. The molecule has 0 aliphatic carbocycles. The van der Waals surface area contributed by atoms with Crippen molar-refractivity contribution in [3.63, 3.8) is 0 Å². The number of rotatable bonds is 1. The minimum Gasteiger partial charge on any atom is -0.508 e. The highest BCUT2D eigenvalue weighted by molar-refractivity contribution is 5.79. The van der Waals surface area contributed by atoms with Crippen molar-refractivity contribution in [2.45, 2.75) is 6.61 Å². The van der Waals surface area contributed by atoms with E-state index in [-0.39, 0.29) is 12.4 Å². The zero-order valence-corrected chi connectivity index (χ0v) is 6.32. The van der Waals surface area contributed by atoms with Crippen LogP contribution >= 0.6 is 0 Å². The lowest BCUT2D eigenvalue weighted by molar-refractivity contribution is 0.251. The molecule has 0 saturated heterocycles. The Morgan fingerprint density at radius 2 is 2.08 bits per heavy atom. The van der Waals surface area contributed by atoms with Crippen molar-refractivity contribution in [3.8, 4) is 5.75 Å². The molecule has 0 unspecified atom stereocenters. The number of furan rings is 1. The Hall–Kier alpha value is -1.48. The molecule has 2 N–H and O–H groups in total. The average molecular weight is 164 g/mol. The van der Waals surface area contributed by atoms with E-state index in [0.29, 0.717) is 11.3 Å². The molecule has 62 valence electrons. The molecule has 0 aliphatic rings. The van der Waals surface area contributed by atoms with E-state index < -0.39 is 0 Å². The topological polar surface area (TPSA) is 53.6 Å². The molecule has 1 aromatic heterocycles. The molecular weight excluding hydrogens is 156 g/mol. The highest BCUT2D eigenvalue weighted by Gasteiger charge is 2.02. The van der Waals surface area contributed by atoms with Crippen molar-refractivity contribution in [2.75, 3.05) is 0 Å². The lowest BCUT2D eigenvalue weighted by Gasteiger charge is -1.88. The van der Waals surface area contributed by atoms with Crippen molar-refractivity contribution in [1.82, 2.24) is 0 Å². The monoisotopic (exact) mass is 164 g/mol. The van der Waals surface area contributed by atoms with Gasteiger partial charge in [-0.1, -0.05) is 0 Å². The molecule has 0 aliphatic heterocycles. The van der Waals surface area contributed by atoms with Gasteiger partial charge < -0.3 is 14.6 Å². The Morgan fingerprint density at radius 3 is 2.83 bits per heavy atom. The van der Waals surface area contributed by atoms with Gasteiger partial charge >= 0.3 is 0 Å². The number of aliphatic hydroxyl groups excluding tert-OH is 1. The number of hydrogen-bond acceptors (Lipinski definition) is 3. The molecule has 2 aromatic rings. The summed E-state index contributed by atoms with van der Waals surface area (Å²) in [7, 11) is 0. The lowest BCUT2D eigenvalue weighted by atomic mass is 10.2. The first-order valence-electron chi connectivity index (χ1n) is 3.62. The summed E-state index contributed by atoms with van der Waals surface area (Å²) in [6.45, 7) is -0.116. The third kappa shape index (κ3) is 1.04. The van der Waals surface area contributed by atoms with E-state index in [2.05, 4.69) is 0 Å². The fourth-order valence-corrected chi connectivity index (χ4v) is 1.15. The van der Waals surface area contributed by atoms with Crippen molar-refractivity contribution in [1.29, 1.82) is 0 Å². The van der Waals surface area contributed by atoms with Crippen LogP contribution in [0.4, 0.5) is 0 Å². The zero-order chi connectivity index (χ0) is 8.55. The lowest BCUT2D eigenvalue weighted by Crippen LogP contribution is -1.72. The van der Waals surface area contributed by atoms with Gasteiger partial charge in [-0.05, 0) is 18.2 Å². The Kier molecular flexibility index (Phi) is 1.52. The Balaban J connectivity index is 2.67. The fourth-order valence-electron chi connectivity index (χ4n) is 1.15. The van der Waals surface area contributed by atoms with Crippen LogP contribution in [0.5, 0.6) is 5.75 Å². The summed E-state index contributed by atoms with van der Waals surface area (Å²) in [5, 5.41) is 18.7. The van der Waals surface area contributed by atoms with Crippen LogP contribution in [-0.2, 0) is 6.61 Å². The second-order valence-electron chi connectivity index (χ2n) is 2.59. The molecule has 1 aromatic carbocycles. The normalized spacial score (nSPS) is 10.8. The SMILES string of the molecule is OCc1cc2ccc(O)cc2o1. The van der Waals surface area contributed by atoms with Gasteiger partial charge in [0.2, 0.25) is 0 Å². The van der Waals surface area contributed by atoms with E-state index in [9.17, 15) is 0 Å². The summed E-state index contributed by atoms with van der Waals surface area (Å²) in [4.78, 5) is 0. The van der Waals surface area contributed by atoms with E-state index >= 15 is 0 Å². The highest BCUT2D eigenvalue weighted by atomic mass is 16.4. The van der Waals surface area contributed by atoms with E-state index in [1.807, 2.05) is 0 Å². The quantitative estimate of drug-likeness (QED) is 0.673. The van der Waals surface area contributed by atoms with Crippen molar-refractivity contribution in [3.05, 3.63) is 30.0 Å². The average Bonchev–Trinajstić information content (AvgIpc) is 2.46. The maximum atomic E-state index is 9.09. The third-order valence-electron chi connectivity index (χ3n) is 1.71. The first-order chi connectivity index (χ1) is 5.79. The summed E-state index contributed by atoms with van der Waals surface area (Å²) in [6.07, 6.45) is 0. The fraction of sp³-hybridized carbons (Fsp3) is 0.111. The van der Waals surface area contributed by atoms with Gasteiger partial charge in [0, 0.05) is 11.5 Å². The highest BCUT2D eigenvalue weighted by Crippen LogP contribution is 2.23. The second kappa shape index (κ2) is 2.53. The van der Waals surface area contributed by atoms with Gasteiger partial charge in [0.1, 0.15) is 23.7 Å². The van der Waals surface area contributed by atoms with Gasteiger partial charge in [-0.15, -0.1) is 0 Å². The standard InChI is InChI=1S/C9H8O3/c10-5-8-3-6-1-2-7(11)4-9(6)12-8/h1-4,10-11H,5H2. The van der Waals surface area contributed by atoms with E-state index in [0.717, 1.165) is 5.39 Å². The Morgan fingerprint density at radius 1 is 1.25 bits per heavy atom. The molecule has 0 fully saturated rings. The van der Waals surface area contributed by atoms with Crippen LogP contribution in [0.15, 0.2) is 28.7 Å². The van der Waals surface area contributed by atoms with Gasteiger partial charge in [0.25, 0.3) is 0 Å². The van der Waals surface area contributed by atoms with Crippen LogP contribution in [0.2, 0.25) is 0 Å². The van der Waals surface area contributed by atoms with Crippen molar-refractivity contribution < 1.29 is 14.6 Å².